The van der Waals surface area contributed by atoms with E-state index in [0.29, 0.717) is 13.0 Å². The number of carbonyl (C=O) groups is 1. The summed E-state index contributed by atoms with van der Waals surface area (Å²) >= 11 is 0. The fraction of sp³-hybridized carbons (Fsp3) is 0.884. The van der Waals surface area contributed by atoms with E-state index in [0.717, 1.165) is 64.2 Å². The maximum Gasteiger partial charge on any atom is 0.306 e. The van der Waals surface area contributed by atoms with E-state index in [9.17, 15) is 40.5 Å². The van der Waals surface area contributed by atoms with Crippen molar-refractivity contribution in [1.82, 2.24) is 0 Å². The Morgan fingerprint density at radius 3 is 1.70 bits per heavy atom. The van der Waals surface area contributed by atoms with E-state index in [1.807, 2.05) is 0 Å². The number of ether oxygens (including phenoxy) is 6. The number of aliphatic hydroxyl groups is 7. The maximum atomic E-state index is 12.9. The van der Waals surface area contributed by atoms with E-state index in [1.54, 1.807) is 0 Å². The second kappa shape index (κ2) is 32.3. The molecule has 0 aromatic rings. The minimum Gasteiger partial charge on any atom is -0.457 e. The minimum atomic E-state index is -1.70. The van der Waals surface area contributed by atoms with Crippen molar-refractivity contribution in [2.24, 2.45) is 0 Å². The van der Waals surface area contributed by atoms with E-state index in [1.165, 1.54) is 51.4 Å². The average Bonchev–Trinajstić information content (AvgIpc) is 3.20. The van der Waals surface area contributed by atoms with Gasteiger partial charge in [0.25, 0.3) is 0 Å². The van der Waals surface area contributed by atoms with Crippen LogP contribution in [0.2, 0.25) is 0 Å². The Hall–Kier alpha value is -1.53. The molecule has 334 valence electrons. The van der Waals surface area contributed by atoms with Crippen LogP contribution in [0.15, 0.2) is 24.3 Å². The topological polar surface area (TPSA) is 214 Å². The zero-order valence-electron chi connectivity index (χ0n) is 34.8. The largest absolute Gasteiger partial charge is 0.457 e. The van der Waals surface area contributed by atoms with Gasteiger partial charge in [0.05, 0.1) is 26.4 Å². The number of hydrogen-bond donors (Lipinski definition) is 7. The molecule has 0 amide bonds. The van der Waals surface area contributed by atoms with E-state index >= 15 is 0 Å². The number of unbranched alkanes of at least 4 members (excludes halogenated alkanes) is 15. The lowest BCUT2D eigenvalue weighted by Crippen LogP contribution is -2.61. The van der Waals surface area contributed by atoms with Gasteiger partial charge in [-0.2, -0.15) is 0 Å². The van der Waals surface area contributed by atoms with Crippen LogP contribution < -0.4 is 0 Å². The molecule has 2 saturated heterocycles. The second-order valence-electron chi connectivity index (χ2n) is 15.5. The summed E-state index contributed by atoms with van der Waals surface area (Å²) < 4.78 is 34.0. The fourth-order valence-corrected chi connectivity index (χ4v) is 6.78. The summed E-state index contributed by atoms with van der Waals surface area (Å²) in [5, 5.41) is 71.7. The van der Waals surface area contributed by atoms with E-state index in [4.69, 9.17) is 28.4 Å². The molecular weight excluding hydrogens is 740 g/mol. The standard InChI is InChI=1S/C43H78O14/c1-3-5-7-9-11-12-13-14-15-16-17-18-19-20-22-24-26-35(45)55-32(29-52-27-25-23-21-10-8-6-4-2)30-53-42-41(51)39(49)37(47)34(57-42)31-54-43-40(50)38(48)36(46)33(28-44)56-43/h12-13,15-16,32-34,36-44,46-51H,3-11,14,17-31H2,1-2H3/b13-12-,16-15-. The molecule has 14 heteroatoms. The lowest BCUT2D eigenvalue weighted by atomic mass is 9.98. The molecule has 0 radical (unpaired) electrons. The van der Waals surface area contributed by atoms with Crippen LogP contribution in [0.25, 0.3) is 0 Å². The molecule has 11 atom stereocenters. The summed E-state index contributed by atoms with van der Waals surface area (Å²) in [5.41, 5.74) is 0. The Kier molecular flexibility index (Phi) is 29.2. The number of aliphatic hydroxyl groups excluding tert-OH is 7. The number of hydrogen-bond acceptors (Lipinski definition) is 14. The summed E-state index contributed by atoms with van der Waals surface area (Å²) in [7, 11) is 0. The van der Waals surface area contributed by atoms with Gasteiger partial charge in [0, 0.05) is 13.0 Å². The predicted octanol–water partition coefficient (Wildman–Crippen LogP) is 4.51. The first-order chi connectivity index (χ1) is 27.6. The summed E-state index contributed by atoms with van der Waals surface area (Å²) in [6.07, 6.45) is 14.1. The zero-order chi connectivity index (χ0) is 41.7. The average molecular weight is 819 g/mol. The molecule has 14 nitrogen and oxygen atoms in total. The molecule has 0 aromatic heterocycles. The van der Waals surface area contributed by atoms with Crippen molar-refractivity contribution >= 4 is 5.97 Å². The van der Waals surface area contributed by atoms with Gasteiger partial charge in [-0.3, -0.25) is 4.79 Å². The quantitative estimate of drug-likeness (QED) is 0.0276. The van der Waals surface area contributed by atoms with Crippen molar-refractivity contribution in [3.8, 4) is 0 Å². The van der Waals surface area contributed by atoms with Crippen LogP contribution in [0.4, 0.5) is 0 Å². The van der Waals surface area contributed by atoms with Gasteiger partial charge in [-0.15, -0.1) is 0 Å². The second-order valence-corrected chi connectivity index (χ2v) is 15.5. The molecule has 2 heterocycles. The SMILES string of the molecule is CCCCCC/C=C\C/C=C\CCCCCCCC(=O)OC(COCCCCCCCCC)COC1OC(COC2OC(CO)C(O)C(O)C2O)C(O)C(O)C1O. The first-order valence-corrected chi connectivity index (χ1v) is 21.9. The van der Waals surface area contributed by atoms with Gasteiger partial charge in [-0.1, -0.05) is 115 Å². The molecule has 11 unspecified atom stereocenters. The van der Waals surface area contributed by atoms with Gasteiger partial charge in [0.2, 0.25) is 0 Å². The van der Waals surface area contributed by atoms with Crippen molar-refractivity contribution in [1.29, 1.82) is 0 Å². The third kappa shape index (κ3) is 21.5. The van der Waals surface area contributed by atoms with E-state index in [-0.39, 0.29) is 19.6 Å². The molecule has 0 aromatic carbocycles. The minimum absolute atomic E-state index is 0.0570. The molecule has 0 bridgehead atoms. The highest BCUT2D eigenvalue weighted by Gasteiger charge is 2.47. The van der Waals surface area contributed by atoms with Gasteiger partial charge < -0.3 is 64.2 Å². The third-order valence-electron chi connectivity index (χ3n) is 10.5. The normalized spacial score (nSPS) is 28.7. The van der Waals surface area contributed by atoms with Crippen LogP contribution >= 0.6 is 0 Å². The fourth-order valence-electron chi connectivity index (χ4n) is 6.78. The lowest BCUT2D eigenvalue weighted by molar-refractivity contribution is -0.332. The van der Waals surface area contributed by atoms with Crippen molar-refractivity contribution in [2.45, 2.75) is 210 Å². The van der Waals surface area contributed by atoms with Crippen LogP contribution in [0.3, 0.4) is 0 Å². The summed E-state index contributed by atoms with van der Waals surface area (Å²) in [4.78, 5) is 12.9. The number of carbonyl (C=O) groups excluding carboxylic acids is 1. The van der Waals surface area contributed by atoms with Crippen molar-refractivity contribution in [3.05, 3.63) is 24.3 Å². The first-order valence-electron chi connectivity index (χ1n) is 21.9. The number of allylic oxidation sites excluding steroid dienone is 4. The molecule has 0 aliphatic carbocycles. The molecule has 2 rings (SSSR count). The Morgan fingerprint density at radius 2 is 1.09 bits per heavy atom. The molecule has 7 N–H and O–H groups in total. The molecule has 0 spiro atoms. The van der Waals surface area contributed by atoms with Gasteiger partial charge in [-0.05, 0) is 44.9 Å². The van der Waals surface area contributed by atoms with Crippen molar-refractivity contribution in [2.75, 3.05) is 33.0 Å². The maximum absolute atomic E-state index is 12.9. The summed E-state index contributed by atoms with van der Waals surface area (Å²) in [6.45, 7) is 3.59. The van der Waals surface area contributed by atoms with Crippen LogP contribution in [0.5, 0.6) is 0 Å². The van der Waals surface area contributed by atoms with E-state index in [2.05, 4.69) is 38.2 Å². The third-order valence-corrected chi connectivity index (χ3v) is 10.5. The van der Waals surface area contributed by atoms with Crippen LogP contribution in [-0.4, -0.2) is 142 Å². The van der Waals surface area contributed by atoms with E-state index < -0.39 is 86.7 Å². The highest BCUT2D eigenvalue weighted by Crippen LogP contribution is 2.26. The van der Waals surface area contributed by atoms with Gasteiger partial charge in [0.1, 0.15) is 54.9 Å². The van der Waals surface area contributed by atoms with Crippen LogP contribution in [-0.2, 0) is 33.2 Å². The molecule has 2 aliphatic heterocycles. The Balaban J connectivity index is 1.80. The van der Waals surface area contributed by atoms with Gasteiger partial charge in [-0.25, -0.2) is 0 Å². The lowest BCUT2D eigenvalue weighted by Gasteiger charge is -2.42. The highest BCUT2D eigenvalue weighted by molar-refractivity contribution is 5.69. The monoisotopic (exact) mass is 819 g/mol. The van der Waals surface area contributed by atoms with Crippen molar-refractivity contribution in [3.63, 3.8) is 0 Å². The predicted molar refractivity (Wildman–Crippen MR) is 215 cm³/mol. The summed E-state index contributed by atoms with van der Waals surface area (Å²) in [6, 6.07) is 0. The Morgan fingerprint density at radius 1 is 0.579 bits per heavy atom. The van der Waals surface area contributed by atoms with Crippen LogP contribution in [0.1, 0.15) is 142 Å². The van der Waals surface area contributed by atoms with Gasteiger partial charge >= 0.3 is 5.97 Å². The first kappa shape index (κ1) is 51.6. The zero-order valence-corrected chi connectivity index (χ0v) is 34.8. The molecule has 0 saturated carbocycles. The smallest absolute Gasteiger partial charge is 0.306 e. The Bertz CT molecular complexity index is 1040. The number of rotatable bonds is 33. The Labute approximate surface area is 341 Å². The van der Waals surface area contributed by atoms with Crippen molar-refractivity contribution < 1.29 is 69.0 Å². The molecule has 2 aliphatic rings. The molecule has 57 heavy (non-hydrogen) atoms. The number of esters is 1. The van der Waals surface area contributed by atoms with Gasteiger partial charge in [0.15, 0.2) is 12.6 Å². The highest BCUT2D eigenvalue weighted by atomic mass is 16.7. The summed E-state index contributed by atoms with van der Waals surface area (Å²) in [5.74, 6) is -0.393. The van der Waals surface area contributed by atoms with Crippen LogP contribution in [0, 0.1) is 0 Å². The molecular formula is C43H78O14. The molecule has 2 fully saturated rings.